The number of nitrogens with zero attached hydrogens (tertiary/aromatic N) is 3. The molecule has 3 aromatic carbocycles. The number of hydrogen-bond acceptors (Lipinski definition) is 5. The normalized spacial score (nSPS) is 14.9. The highest BCUT2D eigenvalue weighted by Crippen LogP contribution is 2.28. The first-order valence-electron chi connectivity index (χ1n) is 11.8. The third-order valence-electron chi connectivity index (χ3n) is 6.24. The third-order valence-corrected chi connectivity index (χ3v) is 7.72. The van der Waals surface area contributed by atoms with E-state index in [9.17, 15) is 13.2 Å². The molecule has 0 spiro atoms. The van der Waals surface area contributed by atoms with Crippen LogP contribution in [0.25, 0.3) is 0 Å². The monoisotopic (exact) mass is 527 g/mol. The second kappa shape index (κ2) is 10.8. The van der Waals surface area contributed by atoms with E-state index in [1.54, 1.807) is 36.1 Å². The van der Waals surface area contributed by atoms with Crippen molar-refractivity contribution < 1.29 is 17.9 Å². The number of para-hydroxylation sites is 1. The van der Waals surface area contributed by atoms with E-state index in [-0.39, 0.29) is 5.91 Å². The van der Waals surface area contributed by atoms with Crippen LogP contribution in [-0.2, 0) is 14.8 Å². The number of anilines is 2. The average molecular weight is 528 g/mol. The molecule has 0 bridgehead atoms. The van der Waals surface area contributed by atoms with E-state index in [0.717, 1.165) is 17.5 Å². The highest BCUT2D eigenvalue weighted by molar-refractivity contribution is 7.92. The van der Waals surface area contributed by atoms with Crippen LogP contribution in [0.15, 0.2) is 72.8 Å². The van der Waals surface area contributed by atoms with Gasteiger partial charge in [0.2, 0.25) is 15.9 Å². The molecule has 9 heteroatoms. The molecule has 1 fully saturated rings. The van der Waals surface area contributed by atoms with Crippen molar-refractivity contribution >= 4 is 38.9 Å². The van der Waals surface area contributed by atoms with Gasteiger partial charge in [-0.3, -0.25) is 9.10 Å². The minimum Gasteiger partial charge on any atom is -0.457 e. The molecule has 1 aliphatic rings. The van der Waals surface area contributed by atoms with Crippen molar-refractivity contribution in [3.05, 3.63) is 83.4 Å². The van der Waals surface area contributed by atoms with Crippen molar-refractivity contribution in [3.63, 3.8) is 0 Å². The average Bonchev–Trinajstić information content (AvgIpc) is 2.86. The van der Waals surface area contributed by atoms with E-state index < -0.39 is 16.1 Å². The van der Waals surface area contributed by atoms with Gasteiger partial charge < -0.3 is 14.5 Å². The highest BCUT2D eigenvalue weighted by atomic mass is 35.5. The van der Waals surface area contributed by atoms with Gasteiger partial charge in [0.25, 0.3) is 0 Å². The Morgan fingerprint density at radius 1 is 0.944 bits per heavy atom. The predicted octanol–water partition coefficient (Wildman–Crippen LogP) is 4.94. The Balaban J connectivity index is 1.46. The lowest BCUT2D eigenvalue weighted by Crippen LogP contribution is -2.55. The molecule has 0 unspecified atom stereocenters. The van der Waals surface area contributed by atoms with Gasteiger partial charge in [-0.2, -0.15) is 0 Å². The summed E-state index contributed by atoms with van der Waals surface area (Å²) in [6.45, 7) is 5.94. The molecule has 3 aromatic rings. The van der Waals surface area contributed by atoms with E-state index in [0.29, 0.717) is 48.4 Å². The summed E-state index contributed by atoms with van der Waals surface area (Å²) in [4.78, 5) is 17.3. The van der Waals surface area contributed by atoms with E-state index in [1.165, 1.54) is 4.31 Å². The molecule has 0 radical (unpaired) electrons. The molecule has 36 heavy (non-hydrogen) atoms. The van der Waals surface area contributed by atoms with Crippen LogP contribution >= 0.6 is 11.6 Å². The van der Waals surface area contributed by atoms with Crippen molar-refractivity contribution in [1.29, 1.82) is 0 Å². The van der Waals surface area contributed by atoms with Crippen molar-refractivity contribution in [2.24, 2.45) is 0 Å². The second-order valence-electron chi connectivity index (χ2n) is 8.89. The first-order valence-corrected chi connectivity index (χ1v) is 14.0. The molecule has 1 amide bonds. The van der Waals surface area contributed by atoms with Crippen molar-refractivity contribution in [1.82, 2.24) is 4.90 Å². The van der Waals surface area contributed by atoms with Crippen LogP contribution in [-0.4, -0.2) is 57.7 Å². The van der Waals surface area contributed by atoms with E-state index in [1.807, 2.05) is 55.5 Å². The summed E-state index contributed by atoms with van der Waals surface area (Å²) < 4.78 is 32.5. The number of halogens is 1. The molecule has 0 aliphatic carbocycles. The summed E-state index contributed by atoms with van der Waals surface area (Å²) in [7, 11) is -3.72. The number of benzene rings is 3. The Labute approximate surface area is 217 Å². The van der Waals surface area contributed by atoms with E-state index in [4.69, 9.17) is 16.3 Å². The number of rotatable bonds is 7. The van der Waals surface area contributed by atoms with Gasteiger partial charge >= 0.3 is 0 Å². The van der Waals surface area contributed by atoms with Gasteiger partial charge in [0, 0.05) is 36.9 Å². The second-order valence-corrected chi connectivity index (χ2v) is 11.2. The van der Waals surface area contributed by atoms with Gasteiger partial charge in [0.1, 0.15) is 17.5 Å². The molecule has 1 saturated heterocycles. The van der Waals surface area contributed by atoms with Gasteiger partial charge in [-0.1, -0.05) is 35.9 Å². The third kappa shape index (κ3) is 5.94. The standard InChI is InChI=1S/C27H30ClN3O4S/c1-20-9-10-22(28)19-26(20)29-15-17-30(18-16-29)27(32)21(2)31(36(3,33)34)23-11-13-25(14-12-23)35-24-7-5-4-6-8-24/h4-14,19,21H,15-18H2,1-3H3/t21-/m1/s1. The zero-order valence-corrected chi connectivity index (χ0v) is 22.2. The molecule has 1 heterocycles. The quantitative estimate of drug-likeness (QED) is 0.435. The largest absolute Gasteiger partial charge is 0.457 e. The molecule has 1 aliphatic heterocycles. The lowest BCUT2D eigenvalue weighted by molar-refractivity contribution is -0.132. The topological polar surface area (TPSA) is 70.2 Å². The molecule has 1 atom stereocenters. The van der Waals surface area contributed by atoms with Crippen LogP contribution in [0, 0.1) is 6.92 Å². The Kier molecular flexibility index (Phi) is 7.76. The van der Waals surface area contributed by atoms with Crippen LogP contribution in [0.1, 0.15) is 12.5 Å². The van der Waals surface area contributed by atoms with E-state index >= 15 is 0 Å². The minimum absolute atomic E-state index is 0.229. The summed E-state index contributed by atoms with van der Waals surface area (Å²) in [5.41, 5.74) is 2.58. The van der Waals surface area contributed by atoms with Crippen LogP contribution in [0.3, 0.4) is 0 Å². The molecule has 4 rings (SSSR count). The molecule has 0 saturated carbocycles. The lowest BCUT2D eigenvalue weighted by Gasteiger charge is -2.39. The number of carbonyl (C=O) groups is 1. The van der Waals surface area contributed by atoms with Gasteiger partial charge in [-0.05, 0) is 67.9 Å². The maximum Gasteiger partial charge on any atom is 0.246 e. The number of sulfonamides is 1. The fraction of sp³-hybridized carbons (Fsp3) is 0.296. The van der Waals surface area contributed by atoms with Crippen molar-refractivity contribution in [2.75, 3.05) is 41.6 Å². The Bertz CT molecular complexity index is 1310. The van der Waals surface area contributed by atoms with Crippen LogP contribution < -0.4 is 13.9 Å². The minimum atomic E-state index is -3.72. The molecule has 0 N–H and O–H groups in total. The van der Waals surface area contributed by atoms with Crippen LogP contribution in [0.4, 0.5) is 11.4 Å². The van der Waals surface area contributed by atoms with Crippen molar-refractivity contribution in [3.8, 4) is 11.5 Å². The molecule has 7 nitrogen and oxygen atoms in total. The van der Waals surface area contributed by atoms with Crippen molar-refractivity contribution in [2.45, 2.75) is 19.9 Å². The number of amides is 1. The van der Waals surface area contributed by atoms with Gasteiger partial charge in [-0.15, -0.1) is 0 Å². The van der Waals surface area contributed by atoms with Gasteiger partial charge in [0.15, 0.2) is 0 Å². The van der Waals surface area contributed by atoms with Gasteiger partial charge in [0.05, 0.1) is 11.9 Å². The molecule has 0 aromatic heterocycles. The molecule has 190 valence electrons. The Hall–Kier alpha value is -3.23. The van der Waals surface area contributed by atoms with Crippen LogP contribution in [0.2, 0.25) is 5.02 Å². The van der Waals surface area contributed by atoms with Gasteiger partial charge in [-0.25, -0.2) is 8.42 Å². The number of carbonyl (C=O) groups excluding carboxylic acids is 1. The summed E-state index contributed by atoms with van der Waals surface area (Å²) >= 11 is 6.18. The predicted molar refractivity (Wildman–Crippen MR) is 145 cm³/mol. The first-order chi connectivity index (χ1) is 17.1. The summed E-state index contributed by atoms with van der Waals surface area (Å²) in [6.07, 6.45) is 1.12. The zero-order valence-electron chi connectivity index (χ0n) is 20.6. The first kappa shape index (κ1) is 25.9. The smallest absolute Gasteiger partial charge is 0.246 e. The van der Waals surface area contributed by atoms with E-state index in [2.05, 4.69) is 4.90 Å². The maximum atomic E-state index is 13.4. The number of aryl methyl sites for hydroxylation is 1. The molecular formula is C27H30ClN3O4S. The Morgan fingerprint density at radius 2 is 1.56 bits per heavy atom. The number of hydrogen-bond donors (Lipinski definition) is 0. The zero-order chi connectivity index (χ0) is 25.9. The summed E-state index contributed by atoms with van der Waals surface area (Å²) in [5.74, 6) is 1.03. The molecular weight excluding hydrogens is 498 g/mol. The van der Waals surface area contributed by atoms with Crippen LogP contribution in [0.5, 0.6) is 11.5 Å². The number of piperazine rings is 1. The number of ether oxygens (including phenoxy) is 1. The SMILES string of the molecule is Cc1ccc(Cl)cc1N1CCN(C(=O)[C@@H](C)N(c2ccc(Oc3ccccc3)cc2)S(C)(=O)=O)CC1. The lowest BCUT2D eigenvalue weighted by atomic mass is 10.1. The summed E-state index contributed by atoms with van der Waals surface area (Å²) in [6, 6.07) is 20.9. The fourth-order valence-corrected chi connectivity index (χ4v) is 5.78. The highest BCUT2D eigenvalue weighted by Gasteiger charge is 2.33. The summed E-state index contributed by atoms with van der Waals surface area (Å²) in [5, 5.41) is 0.673. The Morgan fingerprint density at radius 3 is 2.17 bits per heavy atom. The maximum absolute atomic E-state index is 13.4. The fourth-order valence-electron chi connectivity index (χ4n) is 4.44.